The minimum atomic E-state index is -0.326. The molecular formula is C26H28FNO3. The zero-order valence-electron chi connectivity index (χ0n) is 18.1. The van der Waals surface area contributed by atoms with Crippen LogP contribution in [0.5, 0.6) is 0 Å². The number of hydrogen-bond acceptors (Lipinski definition) is 3. The highest BCUT2D eigenvalue weighted by Crippen LogP contribution is 2.28. The molecule has 0 aliphatic rings. The number of unbranched alkanes of at least 4 members (excludes halogenated alkanes) is 4. The molecule has 1 heterocycles. The summed E-state index contributed by atoms with van der Waals surface area (Å²) in [6, 6.07) is 14.8. The van der Waals surface area contributed by atoms with Crippen molar-refractivity contribution < 1.29 is 18.4 Å². The predicted octanol–water partition coefficient (Wildman–Crippen LogP) is 6.82. The van der Waals surface area contributed by atoms with E-state index >= 15 is 0 Å². The van der Waals surface area contributed by atoms with Gasteiger partial charge in [0.1, 0.15) is 23.6 Å². The maximum absolute atomic E-state index is 13.5. The van der Waals surface area contributed by atoms with Crippen molar-refractivity contribution in [3.63, 3.8) is 0 Å². The van der Waals surface area contributed by atoms with E-state index in [2.05, 4.69) is 6.92 Å². The molecule has 0 aliphatic heterocycles. The van der Waals surface area contributed by atoms with Gasteiger partial charge in [0.25, 0.3) is 5.91 Å². The highest BCUT2D eigenvalue weighted by atomic mass is 19.1. The van der Waals surface area contributed by atoms with E-state index < -0.39 is 0 Å². The van der Waals surface area contributed by atoms with E-state index in [9.17, 15) is 14.0 Å². The zero-order valence-corrected chi connectivity index (χ0v) is 18.1. The molecule has 4 nitrogen and oxygen atoms in total. The quantitative estimate of drug-likeness (QED) is 0.266. The first kappa shape index (κ1) is 22.5. The van der Waals surface area contributed by atoms with Crippen LogP contribution in [0.25, 0.3) is 11.3 Å². The molecule has 2 aromatic carbocycles. The lowest BCUT2D eigenvalue weighted by Crippen LogP contribution is -2.32. The molecule has 0 fully saturated rings. The number of amides is 1. The summed E-state index contributed by atoms with van der Waals surface area (Å²) in [5.41, 5.74) is 2.38. The van der Waals surface area contributed by atoms with E-state index in [4.69, 9.17) is 4.42 Å². The molecule has 0 spiro atoms. The Morgan fingerprint density at radius 2 is 1.77 bits per heavy atom. The van der Waals surface area contributed by atoms with Crippen molar-refractivity contribution in [2.45, 2.75) is 46.0 Å². The number of halogens is 1. The van der Waals surface area contributed by atoms with Crippen LogP contribution in [0.15, 0.2) is 59.0 Å². The van der Waals surface area contributed by atoms with E-state index in [1.54, 1.807) is 48.2 Å². The summed E-state index contributed by atoms with van der Waals surface area (Å²) in [5.74, 6) is 0.526. The van der Waals surface area contributed by atoms with Gasteiger partial charge in [-0.05, 0) is 55.8 Å². The lowest BCUT2D eigenvalue weighted by Gasteiger charge is -2.23. The zero-order chi connectivity index (χ0) is 22.2. The second-order valence-electron chi connectivity index (χ2n) is 7.67. The normalized spacial score (nSPS) is 10.8. The van der Waals surface area contributed by atoms with Crippen molar-refractivity contribution in [1.82, 2.24) is 0 Å². The van der Waals surface area contributed by atoms with Crippen molar-refractivity contribution in [3.8, 4) is 11.3 Å². The molecule has 162 valence electrons. The average molecular weight is 422 g/mol. The summed E-state index contributed by atoms with van der Waals surface area (Å²) >= 11 is 0. The Labute approximate surface area is 182 Å². The molecule has 31 heavy (non-hydrogen) atoms. The number of anilines is 1. The summed E-state index contributed by atoms with van der Waals surface area (Å²) in [7, 11) is 0. The van der Waals surface area contributed by atoms with Crippen LogP contribution in [0.4, 0.5) is 10.1 Å². The molecule has 0 aliphatic carbocycles. The van der Waals surface area contributed by atoms with Gasteiger partial charge in [-0.1, -0.05) is 44.7 Å². The Hall–Kier alpha value is -3.21. The fraction of sp³-hybridized carbons (Fsp3) is 0.308. The number of rotatable bonds is 10. The van der Waals surface area contributed by atoms with Crippen LogP contribution in [0.2, 0.25) is 0 Å². The summed E-state index contributed by atoms with van der Waals surface area (Å²) in [6.07, 6.45) is 6.16. The molecule has 0 atom stereocenters. The summed E-state index contributed by atoms with van der Waals surface area (Å²) in [5, 5.41) is 0. The van der Waals surface area contributed by atoms with Crippen LogP contribution in [0.3, 0.4) is 0 Å². The summed E-state index contributed by atoms with van der Waals surface area (Å²) < 4.78 is 19.1. The van der Waals surface area contributed by atoms with Gasteiger partial charge in [-0.15, -0.1) is 0 Å². The Kier molecular flexibility index (Phi) is 7.76. The first-order valence-corrected chi connectivity index (χ1v) is 10.8. The van der Waals surface area contributed by atoms with E-state index in [-0.39, 0.29) is 11.7 Å². The fourth-order valence-corrected chi connectivity index (χ4v) is 3.58. The third-order valence-electron chi connectivity index (χ3n) is 5.33. The van der Waals surface area contributed by atoms with Gasteiger partial charge in [-0.25, -0.2) is 4.39 Å². The fourth-order valence-electron chi connectivity index (χ4n) is 3.58. The monoisotopic (exact) mass is 421 g/mol. The Morgan fingerprint density at radius 3 is 2.48 bits per heavy atom. The molecule has 0 unspecified atom stereocenters. The maximum atomic E-state index is 13.5. The van der Waals surface area contributed by atoms with Crippen LogP contribution in [0, 0.1) is 12.7 Å². The molecular weight excluding hydrogens is 393 g/mol. The van der Waals surface area contributed by atoms with E-state index in [0.29, 0.717) is 40.4 Å². The van der Waals surface area contributed by atoms with Gasteiger partial charge in [-0.3, -0.25) is 9.59 Å². The van der Waals surface area contributed by atoms with Crippen LogP contribution >= 0.6 is 0 Å². The lowest BCUT2D eigenvalue weighted by atomic mass is 10.1. The minimum Gasteiger partial charge on any atom is -0.461 e. The highest BCUT2D eigenvalue weighted by molar-refractivity contribution is 6.07. The van der Waals surface area contributed by atoms with E-state index in [1.807, 2.05) is 6.07 Å². The number of carbonyl (C=O) groups is 2. The minimum absolute atomic E-state index is 0.173. The standard InChI is InChI=1S/C26H28FNO3/c1-3-4-5-6-7-15-28(23-10-8-9-20(16-23)18-29)26(30)24-17-25(31-19(24)2)21-11-13-22(27)14-12-21/h8-14,16-18H,3-7,15H2,1-2H3. The average Bonchev–Trinajstić information content (AvgIpc) is 3.18. The Bertz CT molecular complexity index is 1020. The Morgan fingerprint density at radius 1 is 1.03 bits per heavy atom. The van der Waals surface area contributed by atoms with Crippen molar-refractivity contribution in [2.75, 3.05) is 11.4 Å². The lowest BCUT2D eigenvalue weighted by molar-refractivity contribution is 0.0984. The number of nitrogens with zero attached hydrogens (tertiary/aromatic N) is 1. The van der Waals surface area contributed by atoms with Gasteiger partial charge in [0.05, 0.1) is 5.56 Å². The number of furan rings is 1. The van der Waals surface area contributed by atoms with E-state index in [0.717, 1.165) is 32.0 Å². The van der Waals surface area contributed by atoms with Gasteiger partial charge in [-0.2, -0.15) is 0 Å². The van der Waals surface area contributed by atoms with Gasteiger partial charge < -0.3 is 9.32 Å². The molecule has 5 heteroatoms. The second-order valence-corrected chi connectivity index (χ2v) is 7.67. The topological polar surface area (TPSA) is 50.5 Å². The van der Waals surface area contributed by atoms with E-state index in [1.165, 1.54) is 18.6 Å². The van der Waals surface area contributed by atoms with Gasteiger partial charge in [0.2, 0.25) is 0 Å². The van der Waals surface area contributed by atoms with Gasteiger partial charge in [0, 0.05) is 23.4 Å². The maximum Gasteiger partial charge on any atom is 0.261 e. The highest BCUT2D eigenvalue weighted by Gasteiger charge is 2.23. The first-order chi connectivity index (χ1) is 15.0. The van der Waals surface area contributed by atoms with Crippen LogP contribution in [-0.2, 0) is 0 Å². The van der Waals surface area contributed by atoms with Crippen LogP contribution < -0.4 is 4.90 Å². The summed E-state index contributed by atoms with van der Waals surface area (Å²) in [4.78, 5) is 26.5. The SMILES string of the molecule is CCCCCCCN(C(=O)c1cc(-c2ccc(F)cc2)oc1C)c1cccc(C=O)c1. The second kappa shape index (κ2) is 10.7. The number of aldehydes is 1. The number of carbonyl (C=O) groups excluding carboxylic acids is 2. The Balaban J connectivity index is 1.88. The van der Waals surface area contributed by atoms with Crippen LogP contribution in [-0.4, -0.2) is 18.7 Å². The predicted molar refractivity (Wildman–Crippen MR) is 121 cm³/mol. The van der Waals surface area contributed by atoms with Gasteiger partial charge in [0.15, 0.2) is 0 Å². The van der Waals surface area contributed by atoms with Crippen molar-refractivity contribution in [3.05, 3.63) is 77.3 Å². The molecule has 3 aromatic rings. The molecule has 0 bridgehead atoms. The summed E-state index contributed by atoms with van der Waals surface area (Å²) in [6.45, 7) is 4.48. The largest absolute Gasteiger partial charge is 0.461 e. The molecule has 3 rings (SSSR count). The van der Waals surface area contributed by atoms with Crippen LogP contribution in [0.1, 0.15) is 65.5 Å². The van der Waals surface area contributed by atoms with Crippen molar-refractivity contribution in [2.24, 2.45) is 0 Å². The molecule has 0 saturated carbocycles. The molecule has 1 amide bonds. The van der Waals surface area contributed by atoms with Crippen molar-refractivity contribution >= 4 is 17.9 Å². The molecule has 0 N–H and O–H groups in total. The third kappa shape index (κ3) is 5.69. The molecule has 1 aromatic heterocycles. The number of hydrogen-bond donors (Lipinski definition) is 0. The van der Waals surface area contributed by atoms with Crippen molar-refractivity contribution in [1.29, 1.82) is 0 Å². The first-order valence-electron chi connectivity index (χ1n) is 10.8. The number of benzene rings is 2. The number of aryl methyl sites for hydroxylation is 1. The third-order valence-corrected chi connectivity index (χ3v) is 5.33. The smallest absolute Gasteiger partial charge is 0.261 e. The van der Waals surface area contributed by atoms with Gasteiger partial charge >= 0.3 is 0 Å². The molecule has 0 radical (unpaired) electrons. The molecule has 0 saturated heterocycles.